The van der Waals surface area contributed by atoms with Gasteiger partial charge >= 0.3 is 6.03 Å². The van der Waals surface area contributed by atoms with E-state index < -0.39 is 0 Å². The first kappa shape index (κ1) is 20.0. The molecular formula is C23H32N4O2. The number of nitrogens with zero attached hydrogens (tertiary/aromatic N) is 3. The molecule has 1 fully saturated rings. The Hall–Kier alpha value is -2.34. The lowest BCUT2D eigenvalue weighted by Gasteiger charge is -2.42. The third-order valence-electron chi connectivity index (χ3n) is 7.01. The highest BCUT2D eigenvalue weighted by Gasteiger charge is 2.38. The molecule has 2 amide bonds. The number of ketones is 1. The van der Waals surface area contributed by atoms with Crippen molar-refractivity contribution >= 4 is 22.7 Å². The zero-order chi connectivity index (χ0) is 20.9. The van der Waals surface area contributed by atoms with Crippen LogP contribution in [0.5, 0.6) is 0 Å². The number of piperidine rings is 1. The van der Waals surface area contributed by atoms with Crippen LogP contribution in [-0.2, 0) is 6.42 Å². The summed E-state index contributed by atoms with van der Waals surface area (Å²) < 4.78 is 1.88. The molecule has 6 nitrogen and oxygen atoms in total. The molecule has 1 N–H and O–H groups in total. The van der Waals surface area contributed by atoms with Crippen LogP contribution in [0.15, 0.2) is 12.1 Å². The number of amides is 2. The van der Waals surface area contributed by atoms with Crippen molar-refractivity contribution < 1.29 is 9.59 Å². The number of Topliss-reactive ketones (excluding diaryl/α,β-unsaturated/α-hetero) is 1. The lowest BCUT2D eigenvalue weighted by molar-refractivity contribution is 0.101. The minimum Gasteiger partial charge on any atom is -0.324 e. The Labute approximate surface area is 172 Å². The molecule has 2 aliphatic rings. The van der Waals surface area contributed by atoms with Gasteiger partial charge in [-0.15, -0.1) is 0 Å². The molecular weight excluding hydrogens is 364 g/mol. The zero-order valence-corrected chi connectivity index (χ0v) is 18.2. The van der Waals surface area contributed by atoms with Crippen LogP contribution in [0.25, 0.3) is 10.9 Å². The maximum Gasteiger partial charge on any atom is 0.336 e. The van der Waals surface area contributed by atoms with Gasteiger partial charge in [-0.2, -0.15) is 0 Å². The van der Waals surface area contributed by atoms with Gasteiger partial charge in [0.1, 0.15) is 0 Å². The molecule has 29 heavy (non-hydrogen) atoms. The van der Waals surface area contributed by atoms with Crippen molar-refractivity contribution in [3.05, 3.63) is 34.5 Å². The fourth-order valence-corrected chi connectivity index (χ4v) is 5.40. The Balaban J connectivity index is 1.92. The molecule has 4 rings (SSSR count). The van der Waals surface area contributed by atoms with E-state index in [1.165, 1.54) is 29.4 Å². The summed E-state index contributed by atoms with van der Waals surface area (Å²) in [6, 6.07) is 4.47. The second-order valence-corrected chi connectivity index (χ2v) is 8.47. The maximum atomic E-state index is 12.9. The van der Waals surface area contributed by atoms with E-state index in [1.807, 2.05) is 24.6 Å². The number of likely N-dealkylation sites (N-methyl/N-ethyl adjacent to an activating group) is 1. The number of hydrogen-bond donors (Lipinski definition) is 1. The zero-order valence-electron chi connectivity index (χ0n) is 18.2. The summed E-state index contributed by atoms with van der Waals surface area (Å²) in [7, 11) is 2.22. The van der Waals surface area contributed by atoms with Crippen molar-refractivity contribution in [2.75, 3.05) is 32.1 Å². The molecule has 0 spiro atoms. The van der Waals surface area contributed by atoms with E-state index >= 15 is 0 Å². The van der Waals surface area contributed by atoms with Crippen molar-refractivity contribution in [1.29, 1.82) is 0 Å². The molecule has 2 aromatic rings. The van der Waals surface area contributed by atoms with E-state index in [0.717, 1.165) is 24.2 Å². The summed E-state index contributed by atoms with van der Waals surface area (Å²) in [5.41, 5.74) is 8.28. The summed E-state index contributed by atoms with van der Waals surface area (Å²) >= 11 is 0. The molecule has 0 radical (unpaired) electrons. The van der Waals surface area contributed by atoms with Crippen LogP contribution in [0.2, 0.25) is 0 Å². The lowest BCUT2D eigenvalue weighted by atomic mass is 9.74. The molecule has 0 bridgehead atoms. The Morgan fingerprint density at radius 1 is 1.24 bits per heavy atom. The van der Waals surface area contributed by atoms with E-state index in [0.29, 0.717) is 30.6 Å². The fraction of sp³-hybridized carbons (Fsp3) is 0.565. The van der Waals surface area contributed by atoms with Gasteiger partial charge in [-0.25, -0.2) is 10.2 Å². The monoisotopic (exact) mass is 396 g/mol. The van der Waals surface area contributed by atoms with Gasteiger partial charge in [-0.3, -0.25) is 9.47 Å². The van der Waals surface area contributed by atoms with E-state index in [4.69, 9.17) is 0 Å². The van der Waals surface area contributed by atoms with Crippen molar-refractivity contribution in [1.82, 2.24) is 14.5 Å². The standard InChI is InChI=1S/C23H32N4O2/c1-6-26(7-2)23(29)24-27-14(3)19-13-20-17(9-8-12-25(20)5)18-11-10-16(15(4)28)22(27)21(18)19/h10-11,17,20H,6-9,12-13H2,1-5H3,(H,24,29)/t17-,20-/m1/s1. The van der Waals surface area contributed by atoms with Crippen LogP contribution < -0.4 is 5.43 Å². The van der Waals surface area contributed by atoms with Gasteiger partial charge in [0.15, 0.2) is 5.78 Å². The van der Waals surface area contributed by atoms with E-state index in [9.17, 15) is 9.59 Å². The number of benzene rings is 1. The van der Waals surface area contributed by atoms with Gasteiger partial charge in [0.05, 0.1) is 5.52 Å². The van der Waals surface area contributed by atoms with Crippen molar-refractivity contribution in [2.24, 2.45) is 0 Å². The summed E-state index contributed by atoms with van der Waals surface area (Å²) in [5.74, 6) is 0.514. The van der Waals surface area contributed by atoms with Gasteiger partial charge in [0.2, 0.25) is 0 Å². The molecule has 156 valence electrons. The average Bonchev–Trinajstić information content (AvgIpc) is 2.97. The molecule has 1 saturated heterocycles. The quantitative estimate of drug-likeness (QED) is 0.798. The fourth-order valence-electron chi connectivity index (χ4n) is 5.40. The highest BCUT2D eigenvalue weighted by atomic mass is 16.2. The van der Waals surface area contributed by atoms with Gasteiger partial charge in [-0.1, -0.05) is 6.07 Å². The first-order chi connectivity index (χ1) is 13.9. The number of carbonyl (C=O) groups excluding carboxylic acids is 2. The first-order valence-electron chi connectivity index (χ1n) is 10.8. The van der Waals surface area contributed by atoms with E-state index in [-0.39, 0.29) is 11.8 Å². The van der Waals surface area contributed by atoms with Crippen LogP contribution in [-0.4, -0.2) is 59.0 Å². The van der Waals surface area contributed by atoms with Gasteiger partial charge in [0, 0.05) is 41.7 Å². The van der Waals surface area contributed by atoms with Gasteiger partial charge in [0.25, 0.3) is 0 Å². The van der Waals surface area contributed by atoms with Gasteiger partial charge < -0.3 is 9.80 Å². The molecule has 1 aromatic heterocycles. The molecule has 2 atom stereocenters. The van der Waals surface area contributed by atoms with E-state index in [2.05, 4.69) is 30.4 Å². The topological polar surface area (TPSA) is 57.6 Å². The second-order valence-electron chi connectivity index (χ2n) is 8.47. The number of likely N-dealkylation sites (tertiary alicyclic amines) is 1. The Bertz CT molecular complexity index is 973. The van der Waals surface area contributed by atoms with E-state index in [1.54, 1.807) is 11.8 Å². The second kappa shape index (κ2) is 7.48. The molecule has 0 unspecified atom stereocenters. The number of carbonyl (C=O) groups is 2. The highest BCUT2D eigenvalue weighted by Crippen LogP contribution is 2.45. The summed E-state index contributed by atoms with van der Waals surface area (Å²) in [6.07, 6.45) is 3.34. The SMILES string of the molecule is CCN(CC)C(=O)Nn1c(C)c2c3c(ccc(C(C)=O)c31)[C@H]1CCCN(C)[C@@H]1C2. The molecule has 2 heterocycles. The molecule has 1 aliphatic heterocycles. The van der Waals surface area contributed by atoms with Crippen molar-refractivity contribution in [2.45, 2.75) is 58.9 Å². The molecule has 0 saturated carbocycles. The van der Waals surface area contributed by atoms with Crippen LogP contribution in [0.3, 0.4) is 0 Å². The van der Waals surface area contributed by atoms with Crippen LogP contribution in [0.4, 0.5) is 4.79 Å². The summed E-state index contributed by atoms with van der Waals surface area (Å²) in [6.45, 7) is 10.0. The largest absolute Gasteiger partial charge is 0.336 e. The van der Waals surface area contributed by atoms with Crippen molar-refractivity contribution in [3.8, 4) is 0 Å². The Morgan fingerprint density at radius 3 is 2.62 bits per heavy atom. The number of urea groups is 1. The number of hydrogen-bond acceptors (Lipinski definition) is 3. The summed E-state index contributed by atoms with van der Waals surface area (Å²) in [4.78, 5) is 29.6. The third-order valence-corrected chi connectivity index (χ3v) is 7.01. The molecule has 1 aromatic carbocycles. The molecule has 1 aliphatic carbocycles. The molecule has 6 heteroatoms. The Morgan fingerprint density at radius 2 is 1.97 bits per heavy atom. The van der Waals surface area contributed by atoms with Crippen LogP contribution >= 0.6 is 0 Å². The highest BCUT2D eigenvalue weighted by molar-refractivity contribution is 6.09. The van der Waals surface area contributed by atoms with Gasteiger partial charge in [-0.05, 0) is 77.7 Å². The predicted molar refractivity (Wildman–Crippen MR) is 116 cm³/mol. The smallest absolute Gasteiger partial charge is 0.324 e. The van der Waals surface area contributed by atoms with Crippen molar-refractivity contribution in [3.63, 3.8) is 0 Å². The average molecular weight is 397 g/mol. The lowest BCUT2D eigenvalue weighted by Crippen LogP contribution is -2.44. The number of nitrogens with one attached hydrogen (secondary N) is 1. The predicted octanol–water partition coefficient (Wildman–Crippen LogP) is 3.89. The number of aromatic nitrogens is 1. The number of fused-ring (bicyclic) bond motifs is 2. The first-order valence-corrected chi connectivity index (χ1v) is 10.8. The minimum atomic E-state index is -0.129. The van der Waals surface area contributed by atoms with Crippen LogP contribution in [0, 0.1) is 6.92 Å². The number of rotatable bonds is 4. The maximum absolute atomic E-state index is 12.9. The Kier molecular flexibility index (Phi) is 5.15. The van der Waals surface area contributed by atoms with Crippen LogP contribution in [0.1, 0.15) is 66.7 Å². The minimum absolute atomic E-state index is 0.0295. The summed E-state index contributed by atoms with van der Waals surface area (Å²) in [5, 5.41) is 1.19. The normalized spacial score (nSPS) is 21.1. The third kappa shape index (κ3) is 3.05.